The highest BCUT2D eigenvalue weighted by Gasteiger charge is 2.21. The summed E-state index contributed by atoms with van der Waals surface area (Å²) in [5.41, 5.74) is 6.52. The second kappa shape index (κ2) is 6.66. The minimum atomic E-state index is 0.0227. The average Bonchev–Trinajstić information content (AvgIpc) is 3.29. The van der Waals surface area contributed by atoms with Crippen LogP contribution in [0.4, 0.5) is 0 Å². The number of aryl methyl sites for hydroxylation is 2. The number of thiophene rings is 1. The fraction of sp³-hybridized carbons (Fsp3) is 0.207. The van der Waals surface area contributed by atoms with E-state index in [1.165, 1.54) is 36.9 Å². The summed E-state index contributed by atoms with van der Waals surface area (Å²) in [6.07, 6.45) is 1.91. The van der Waals surface area contributed by atoms with Gasteiger partial charge >= 0.3 is 0 Å². The summed E-state index contributed by atoms with van der Waals surface area (Å²) in [6, 6.07) is 19.7. The lowest BCUT2D eigenvalue weighted by molar-refractivity contribution is 0.596. The van der Waals surface area contributed by atoms with E-state index in [0.717, 1.165) is 33.2 Å². The highest BCUT2D eigenvalue weighted by molar-refractivity contribution is 7.19. The van der Waals surface area contributed by atoms with Gasteiger partial charge in [0.15, 0.2) is 5.58 Å². The fourth-order valence-electron chi connectivity index (χ4n) is 4.88. The summed E-state index contributed by atoms with van der Waals surface area (Å²) < 4.78 is 7.91. The molecule has 0 fully saturated rings. The number of hydrogen-bond acceptors (Lipinski definition) is 3. The van der Waals surface area contributed by atoms with E-state index in [4.69, 9.17) is 9.40 Å². The van der Waals surface area contributed by atoms with Gasteiger partial charge in [-0.3, -0.25) is 4.98 Å². The van der Waals surface area contributed by atoms with Crippen molar-refractivity contribution in [3.05, 3.63) is 76.8 Å². The van der Waals surface area contributed by atoms with Crippen LogP contribution in [0.1, 0.15) is 36.8 Å². The van der Waals surface area contributed by atoms with Crippen molar-refractivity contribution in [1.29, 1.82) is 0 Å². The third kappa shape index (κ3) is 2.74. The smallest absolute Gasteiger partial charge is 0.161 e. The number of furan rings is 1. The maximum Gasteiger partial charge on any atom is 0.161 e. The first kappa shape index (κ1) is 19.5. The highest BCUT2D eigenvalue weighted by atomic mass is 32.1. The van der Waals surface area contributed by atoms with Crippen LogP contribution in [0.15, 0.2) is 65.2 Å². The van der Waals surface area contributed by atoms with Gasteiger partial charge in [0, 0.05) is 37.5 Å². The van der Waals surface area contributed by atoms with Crippen molar-refractivity contribution < 1.29 is 4.42 Å². The van der Waals surface area contributed by atoms with Crippen LogP contribution in [0.3, 0.4) is 0 Å². The van der Waals surface area contributed by atoms with Crippen LogP contribution in [0, 0.1) is 13.8 Å². The van der Waals surface area contributed by atoms with Crippen molar-refractivity contribution in [2.24, 2.45) is 0 Å². The van der Waals surface area contributed by atoms with Crippen LogP contribution in [0.2, 0.25) is 0 Å². The van der Waals surface area contributed by atoms with Crippen LogP contribution in [-0.4, -0.2) is 4.98 Å². The second-order valence-corrected chi connectivity index (χ2v) is 11.0. The van der Waals surface area contributed by atoms with Gasteiger partial charge in [-0.25, -0.2) is 0 Å². The summed E-state index contributed by atoms with van der Waals surface area (Å²) in [4.78, 5) is 6.16. The molecule has 0 aliphatic carbocycles. The molecule has 0 spiro atoms. The molecule has 0 saturated heterocycles. The fourth-order valence-corrected chi connectivity index (χ4v) is 5.95. The Balaban J connectivity index is 1.71. The van der Waals surface area contributed by atoms with Gasteiger partial charge in [-0.1, -0.05) is 45.0 Å². The van der Waals surface area contributed by atoms with Crippen molar-refractivity contribution in [3.63, 3.8) is 0 Å². The van der Waals surface area contributed by atoms with Crippen molar-refractivity contribution in [2.75, 3.05) is 0 Å². The van der Waals surface area contributed by atoms with Gasteiger partial charge in [-0.05, 0) is 71.5 Å². The first-order valence-electron chi connectivity index (χ1n) is 11.1. The molecule has 0 amide bonds. The molecule has 0 radical (unpaired) electrons. The molecule has 0 saturated carbocycles. The van der Waals surface area contributed by atoms with E-state index in [1.807, 2.05) is 17.5 Å². The summed E-state index contributed by atoms with van der Waals surface area (Å²) in [6.45, 7) is 11.2. The normalized spacial score (nSPS) is 12.5. The van der Waals surface area contributed by atoms with Crippen molar-refractivity contribution in [3.8, 4) is 11.3 Å². The topological polar surface area (TPSA) is 26.0 Å². The monoisotopic (exact) mass is 435 g/mol. The molecule has 6 aromatic rings. The second-order valence-electron chi connectivity index (χ2n) is 9.73. The van der Waals surface area contributed by atoms with E-state index in [1.54, 1.807) is 0 Å². The molecule has 3 aromatic heterocycles. The van der Waals surface area contributed by atoms with E-state index >= 15 is 0 Å². The molecule has 0 bridgehead atoms. The molecule has 0 N–H and O–H groups in total. The Kier molecular flexibility index (Phi) is 4.06. The molecule has 0 aliphatic rings. The number of hydrogen-bond donors (Lipinski definition) is 0. The number of pyridine rings is 1. The molecule has 0 atom stereocenters. The summed E-state index contributed by atoms with van der Waals surface area (Å²) in [5.74, 6) is 0. The first-order valence-corrected chi connectivity index (χ1v) is 11.9. The zero-order chi connectivity index (χ0) is 22.2. The maximum absolute atomic E-state index is 6.63. The van der Waals surface area contributed by atoms with Gasteiger partial charge in [-0.15, -0.1) is 11.3 Å². The predicted octanol–water partition coefficient (Wildman–Crippen LogP) is 8.93. The number of nitrogens with zero attached hydrogens (tertiary/aromatic N) is 1. The number of rotatable bonds is 1. The Labute approximate surface area is 191 Å². The lowest BCUT2D eigenvalue weighted by Gasteiger charge is -2.22. The Morgan fingerprint density at radius 3 is 2.44 bits per heavy atom. The van der Waals surface area contributed by atoms with Gasteiger partial charge in [0.2, 0.25) is 0 Å². The molecule has 158 valence electrons. The maximum atomic E-state index is 6.63. The molecule has 0 aliphatic heterocycles. The molecule has 2 nitrogen and oxygen atoms in total. The number of fused-ring (bicyclic) bond motifs is 6. The van der Waals surface area contributed by atoms with E-state index in [9.17, 15) is 0 Å². The van der Waals surface area contributed by atoms with Gasteiger partial charge < -0.3 is 4.42 Å². The van der Waals surface area contributed by atoms with Crippen molar-refractivity contribution in [1.82, 2.24) is 4.98 Å². The third-order valence-electron chi connectivity index (χ3n) is 6.63. The Hall–Kier alpha value is -3.17. The van der Waals surface area contributed by atoms with Gasteiger partial charge in [0.25, 0.3) is 0 Å². The zero-order valence-corrected chi connectivity index (χ0v) is 19.9. The minimum absolute atomic E-state index is 0.0227. The molecule has 0 unspecified atom stereocenters. The van der Waals surface area contributed by atoms with E-state index < -0.39 is 0 Å². The molecule has 3 heteroatoms. The minimum Gasteiger partial charge on any atom is -0.453 e. The predicted molar refractivity (Wildman–Crippen MR) is 138 cm³/mol. The molecular weight excluding hydrogens is 410 g/mol. The first-order chi connectivity index (χ1) is 15.3. The standard InChI is InChI=1S/C29H25NOS/c1-16-17(2)32-24-11-10-21-22-12-13-30-26(28(22)31-27(21)25(16)24)19-14-18-8-6-7-9-20(18)23(15-19)29(3,4)5/h6-15H,1-5H3. The summed E-state index contributed by atoms with van der Waals surface area (Å²) in [7, 11) is 0. The van der Waals surface area contributed by atoms with Crippen molar-refractivity contribution >= 4 is 54.1 Å². The molecule has 3 heterocycles. The van der Waals surface area contributed by atoms with Gasteiger partial charge in [0.1, 0.15) is 11.3 Å². The Bertz CT molecular complexity index is 1680. The largest absolute Gasteiger partial charge is 0.453 e. The van der Waals surface area contributed by atoms with Gasteiger partial charge in [0.05, 0.1) is 0 Å². The molecule has 32 heavy (non-hydrogen) atoms. The van der Waals surface area contributed by atoms with Crippen LogP contribution >= 0.6 is 11.3 Å². The zero-order valence-electron chi connectivity index (χ0n) is 19.0. The third-order valence-corrected chi connectivity index (χ3v) is 7.80. The number of benzene rings is 3. The molecule has 6 rings (SSSR count). The summed E-state index contributed by atoms with van der Waals surface area (Å²) >= 11 is 1.83. The quantitative estimate of drug-likeness (QED) is 0.258. The van der Waals surface area contributed by atoms with Crippen LogP contribution in [0.5, 0.6) is 0 Å². The Morgan fingerprint density at radius 2 is 1.62 bits per heavy atom. The van der Waals surface area contributed by atoms with Crippen LogP contribution in [0.25, 0.3) is 54.1 Å². The van der Waals surface area contributed by atoms with Gasteiger partial charge in [-0.2, -0.15) is 0 Å². The molecule has 3 aromatic carbocycles. The Morgan fingerprint density at radius 1 is 0.844 bits per heavy atom. The molecular formula is C29H25NOS. The highest BCUT2D eigenvalue weighted by Crippen LogP contribution is 2.42. The van der Waals surface area contributed by atoms with Crippen LogP contribution < -0.4 is 0 Å². The van der Waals surface area contributed by atoms with Crippen LogP contribution in [-0.2, 0) is 5.41 Å². The van der Waals surface area contributed by atoms with Crippen molar-refractivity contribution in [2.45, 2.75) is 40.0 Å². The summed E-state index contributed by atoms with van der Waals surface area (Å²) in [5, 5.41) is 6.05. The van der Waals surface area contributed by atoms with E-state index in [-0.39, 0.29) is 5.41 Å². The lowest BCUT2D eigenvalue weighted by atomic mass is 9.82. The van der Waals surface area contributed by atoms with E-state index in [0.29, 0.717) is 0 Å². The lowest BCUT2D eigenvalue weighted by Crippen LogP contribution is -2.12. The average molecular weight is 436 g/mol. The number of aromatic nitrogens is 1. The van der Waals surface area contributed by atoms with E-state index in [2.05, 4.69) is 89.2 Å². The SMILES string of the molecule is Cc1sc2ccc3c4ccnc(-c5cc(C(C)(C)C)c6ccccc6c5)c4oc3c2c1C.